The number of hydrogen-bond donors (Lipinski definition) is 1. The molecular formula is C22H25FN4O4. The molecule has 2 aromatic rings. The van der Waals surface area contributed by atoms with Gasteiger partial charge in [0.05, 0.1) is 25.6 Å². The predicted molar refractivity (Wildman–Crippen MR) is 109 cm³/mol. The maximum Gasteiger partial charge on any atom is 0.307 e. The largest absolute Gasteiger partial charge is 0.469 e. The fourth-order valence-corrected chi connectivity index (χ4v) is 3.81. The Bertz CT molecular complexity index is 1010. The lowest BCUT2D eigenvalue weighted by atomic mass is 10.0. The maximum atomic E-state index is 14.1. The highest BCUT2D eigenvalue weighted by Gasteiger charge is 2.33. The number of methoxy groups -OCH3 is 1. The molecule has 1 saturated carbocycles. The van der Waals surface area contributed by atoms with Gasteiger partial charge in [-0.1, -0.05) is 12.1 Å². The van der Waals surface area contributed by atoms with Crippen LogP contribution in [0.2, 0.25) is 0 Å². The summed E-state index contributed by atoms with van der Waals surface area (Å²) >= 11 is 0. The second-order valence-corrected chi connectivity index (χ2v) is 7.94. The molecule has 1 aromatic heterocycles. The van der Waals surface area contributed by atoms with E-state index in [1.807, 2.05) is 4.68 Å². The quantitative estimate of drug-likeness (QED) is 0.680. The van der Waals surface area contributed by atoms with Crippen LogP contribution in [0, 0.1) is 11.7 Å². The molecule has 1 N–H and O–H groups in total. The van der Waals surface area contributed by atoms with Gasteiger partial charge in [-0.25, -0.2) is 4.39 Å². The van der Waals surface area contributed by atoms with Crippen molar-refractivity contribution in [3.8, 4) is 0 Å². The summed E-state index contributed by atoms with van der Waals surface area (Å²) in [5, 5.41) is 7.25. The number of benzene rings is 1. The first-order valence-corrected chi connectivity index (χ1v) is 10.4. The van der Waals surface area contributed by atoms with Crippen LogP contribution in [0.25, 0.3) is 0 Å². The first kappa shape index (κ1) is 21.0. The molecule has 31 heavy (non-hydrogen) atoms. The minimum Gasteiger partial charge on any atom is -0.469 e. The Morgan fingerprint density at radius 1 is 1.26 bits per heavy atom. The SMILES string of the molecule is COC(=O)CCNC(=O)c1nn(CC2CC2)c2c1CN(C(=O)c1ccccc1F)CC2. The second kappa shape index (κ2) is 8.87. The molecule has 1 aliphatic heterocycles. The van der Waals surface area contributed by atoms with Gasteiger partial charge in [0.2, 0.25) is 0 Å². The molecular weight excluding hydrogens is 403 g/mol. The van der Waals surface area contributed by atoms with Gasteiger partial charge in [0.25, 0.3) is 11.8 Å². The molecule has 1 fully saturated rings. The number of amides is 2. The summed E-state index contributed by atoms with van der Waals surface area (Å²) in [5.74, 6) is -1.21. The highest BCUT2D eigenvalue weighted by atomic mass is 19.1. The summed E-state index contributed by atoms with van der Waals surface area (Å²) in [7, 11) is 1.29. The van der Waals surface area contributed by atoms with Gasteiger partial charge in [-0.05, 0) is 30.9 Å². The van der Waals surface area contributed by atoms with Gasteiger partial charge in [0, 0.05) is 37.3 Å². The van der Waals surface area contributed by atoms with E-state index in [2.05, 4.69) is 15.2 Å². The normalized spacial score (nSPS) is 15.4. The van der Waals surface area contributed by atoms with Crippen molar-refractivity contribution in [3.63, 3.8) is 0 Å². The van der Waals surface area contributed by atoms with Crippen LogP contribution in [0.1, 0.15) is 51.4 Å². The number of carbonyl (C=O) groups excluding carboxylic acids is 3. The van der Waals surface area contributed by atoms with E-state index in [-0.39, 0.29) is 30.8 Å². The molecule has 1 aromatic carbocycles. The molecule has 0 atom stereocenters. The lowest BCUT2D eigenvalue weighted by molar-refractivity contribution is -0.140. The molecule has 1 aliphatic carbocycles. The smallest absolute Gasteiger partial charge is 0.307 e. The zero-order valence-corrected chi connectivity index (χ0v) is 17.4. The Morgan fingerprint density at radius 3 is 2.74 bits per heavy atom. The Hall–Kier alpha value is -3.23. The number of nitrogens with zero attached hydrogens (tertiary/aromatic N) is 3. The van der Waals surface area contributed by atoms with E-state index in [9.17, 15) is 18.8 Å². The van der Waals surface area contributed by atoms with Gasteiger partial charge in [0.1, 0.15) is 5.82 Å². The molecule has 8 nitrogen and oxygen atoms in total. The number of esters is 1. The number of nitrogens with one attached hydrogen (secondary N) is 1. The van der Waals surface area contributed by atoms with Crippen LogP contribution in [0.3, 0.4) is 0 Å². The Morgan fingerprint density at radius 2 is 2.03 bits per heavy atom. The second-order valence-electron chi connectivity index (χ2n) is 7.94. The predicted octanol–water partition coefficient (Wildman–Crippen LogP) is 1.92. The highest BCUT2D eigenvalue weighted by molar-refractivity contribution is 5.96. The Kier molecular flexibility index (Phi) is 6.01. The number of halogens is 1. The van der Waals surface area contributed by atoms with Gasteiger partial charge in [0.15, 0.2) is 5.69 Å². The van der Waals surface area contributed by atoms with E-state index in [0.29, 0.717) is 24.4 Å². The molecule has 2 aliphatic rings. The zero-order chi connectivity index (χ0) is 22.0. The third-order valence-corrected chi connectivity index (χ3v) is 5.71. The number of aromatic nitrogens is 2. The van der Waals surface area contributed by atoms with Crippen molar-refractivity contribution in [1.29, 1.82) is 0 Å². The topological polar surface area (TPSA) is 93.5 Å². The van der Waals surface area contributed by atoms with E-state index < -0.39 is 23.6 Å². The summed E-state index contributed by atoms with van der Waals surface area (Å²) in [4.78, 5) is 38.5. The monoisotopic (exact) mass is 428 g/mol. The van der Waals surface area contributed by atoms with Crippen molar-refractivity contribution in [1.82, 2.24) is 20.0 Å². The summed E-state index contributed by atoms with van der Waals surface area (Å²) in [5.41, 5.74) is 1.90. The minimum absolute atomic E-state index is 0.0143. The number of carbonyl (C=O) groups is 3. The van der Waals surface area contributed by atoms with Crippen LogP contribution in [0.4, 0.5) is 4.39 Å². The third-order valence-electron chi connectivity index (χ3n) is 5.71. The van der Waals surface area contributed by atoms with Crippen LogP contribution in [-0.2, 0) is 29.0 Å². The van der Waals surface area contributed by atoms with Crippen molar-refractivity contribution in [2.24, 2.45) is 5.92 Å². The van der Waals surface area contributed by atoms with Crippen molar-refractivity contribution >= 4 is 17.8 Å². The number of hydrogen-bond acceptors (Lipinski definition) is 5. The van der Waals surface area contributed by atoms with Crippen molar-refractivity contribution in [2.45, 2.75) is 38.8 Å². The van der Waals surface area contributed by atoms with Gasteiger partial charge in [-0.3, -0.25) is 19.1 Å². The molecule has 164 valence electrons. The Balaban J connectivity index is 1.55. The molecule has 4 rings (SSSR count). The van der Waals surface area contributed by atoms with Crippen LogP contribution in [-0.4, -0.2) is 52.7 Å². The van der Waals surface area contributed by atoms with Crippen molar-refractivity contribution < 1.29 is 23.5 Å². The first-order chi connectivity index (χ1) is 15.0. The highest BCUT2D eigenvalue weighted by Crippen LogP contribution is 2.33. The van der Waals surface area contributed by atoms with E-state index in [1.54, 1.807) is 17.0 Å². The maximum absolute atomic E-state index is 14.1. The van der Waals surface area contributed by atoms with Gasteiger partial charge < -0.3 is 15.0 Å². The molecule has 0 bridgehead atoms. The molecule has 9 heteroatoms. The Labute approximate surface area is 179 Å². The van der Waals surface area contributed by atoms with E-state index >= 15 is 0 Å². The average Bonchev–Trinajstić information content (AvgIpc) is 3.52. The number of rotatable bonds is 7. The van der Waals surface area contributed by atoms with Crippen molar-refractivity contribution in [2.75, 3.05) is 20.2 Å². The van der Waals surface area contributed by atoms with Crippen molar-refractivity contribution in [3.05, 3.63) is 52.6 Å². The van der Waals surface area contributed by atoms with Gasteiger partial charge in [-0.15, -0.1) is 0 Å². The van der Waals surface area contributed by atoms with Crippen LogP contribution < -0.4 is 5.32 Å². The fraction of sp³-hybridized carbons (Fsp3) is 0.455. The van der Waals surface area contributed by atoms with Crippen LogP contribution >= 0.6 is 0 Å². The van der Waals surface area contributed by atoms with E-state index in [4.69, 9.17) is 0 Å². The molecule has 0 saturated heterocycles. The van der Waals surface area contributed by atoms with Gasteiger partial charge >= 0.3 is 5.97 Å². The van der Waals surface area contributed by atoms with Crippen LogP contribution in [0.15, 0.2) is 24.3 Å². The van der Waals surface area contributed by atoms with Crippen LogP contribution in [0.5, 0.6) is 0 Å². The minimum atomic E-state index is -0.566. The number of fused-ring (bicyclic) bond motifs is 1. The summed E-state index contributed by atoms with van der Waals surface area (Å²) in [6.07, 6.45) is 2.90. The lowest BCUT2D eigenvalue weighted by Crippen LogP contribution is -2.37. The molecule has 0 spiro atoms. The summed E-state index contributed by atoms with van der Waals surface area (Å²) < 4.78 is 20.6. The third kappa shape index (κ3) is 4.60. The van der Waals surface area contributed by atoms with E-state index in [0.717, 1.165) is 25.1 Å². The van der Waals surface area contributed by atoms with Gasteiger partial charge in [-0.2, -0.15) is 5.10 Å². The van der Waals surface area contributed by atoms with E-state index in [1.165, 1.54) is 19.2 Å². The molecule has 0 unspecified atom stereocenters. The number of ether oxygens (including phenoxy) is 1. The standard InChI is InChI=1S/C22H25FN4O4/c1-31-19(28)8-10-24-21(29)20-16-13-26(22(30)15-4-2-3-5-17(15)23)11-9-18(16)27(25-20)12-14-6-7-14/h2-5,14H,6-13H2,1H3,(H,24,29). The molecule has 2 heterocycles. The average molecular weight is 428 g/mol. The summed E-state index contributed by atoms with van der Waals surface area (Å²) in [6, 6.07) is 5.89. The molecule has 2 amide bonds. The zero-order valence-electron chi connectivity index (χ0n) is 17.4. The summed E-state index contributed by atoms with van der Waals surface area (Å²) in [6.45, 7) is 1.50. The first-order valence-electron chi connectivity index (χ1n) is 10.4. The fourth-order valence-electron chi connectivity index (χ4n) is 3.81. The lowest BCUT2D eigenvalue weighted by Gasteiger charge is -2.28. The molecule has 0 radical (unpaired) electrons.